The van der Waals surface area contributed by atoms with Crippen LogP contribution < -0.4 is 4.80 Å². The van der Waals surface area contributed by atoms with Crippen LogP contribution in [0.25, 0.3) is 10.2 Å². The first-order valence-electron chi connectivity index (χ1n) is 8.84. The predicted molar refractivity (Wildman–Crippen MR) is 98.5 cm³/mol. The van der Waals surface area contributed by atoms with Gasteiger partial charge in [0.25, 0.3) is 5.91 Å². The summed E-state index contributed by atoms with van der Waals surface area (Å²) in [6.07, 6.45) is 4.03. The highest BCUT2D eigenvalue weighted by Gasteiger charge is 2.23. The van der Waals surface area contributed by atoms with Crippen LogP contribution in [-0.2, 0) is 20.9 Å². The Labute approximate surface area is 151 Å². The number of rotatable bonds is 4. The van der Waals surface area contributed by atoms with Crippen LogP contribution in [0.4, 0.5) is 0 Å². The van der Waals surface area contributed by atoms with Crippen molar-refractivity contribution in [1.29, 1.82) is 0 Å². The van der Waals surface area contributed by atoms with Gasteiger partial charge in [0, 0.05) is 5.92 Å². The summed E-state index contributed by atoms with van der Waals surface area (Å²) in [6, 6.07) is 4.15. The van der Waals surface area contributed by atoms with Gasteiger partial charge >= 0.3 is 5.97 Å². The number of benzene rings is 1. The van der Waals surface area contributed by atoms with Gasteiger partial charge in [-0.15, -0.1) is 0 Å². The first-order chi connectivity index (χ1) is 12.0. The number of esters is 1. The molecule has 1 aliphatic rings. The fraction of sp³-hybridized carbons (Fsp3) is 0.526. The molecule has 0 radical (unpaired) electrons. The Morgan fingerprint density at radius 3 is 2.60 bits per heavy atom. The van der Waals surface area contributed by atoms with Crippen LogP contribution in [0.15, 0.2) is 17.1 Å². The van der Waals surface area contributed by atoms with E-state index in [0.29, 0.717) is 11.4 Å². The molecule has 1 aliphatic carbocycles. The smallest absolute Gasteiger partial charge is 0.326 e. The van der Waals surface area contributed by atoms with E-state index in [9.17, 15) is 9.59 Å². The minimum absolute atomic E-state index is 0.0322. The lowest BCUT2D eigenvalue weighted by Gasteiger charge is -2.07. The molecule has 0 spiro atoms. The molecule has 0 bridgehead atoms. The molecule has 25 heavy (non-hydrogen) atoms. The zero-order chi connectivity index (χ0) is 18.0. The summed E-state index contributed by atoms with van der Waals surface area (Å²) in [5.74, 6) is -0.338. The lowest BCUT2D eigenvalue weighted by molar-refractivity contribution is -0.143. The van der Waals surface area contributed by atoms with Gasteiger partial charge in [0.2, 0.25) is 0 Å². The molecule has 2 aromatic rings. The largest absolute Gasteiger partial charge is 0.465 e. The van der Waals surface area contributed by atoms with Gasteiger partial charge in [-0.3, -0.25) is 9.59 Å². The number of thiazole rings is 1. The van der Waals surface area contributed by atoms with Crippen LogP contribution in [0.2, 0.25) is 0 Å². The van der Waals surface area contributed by atoms with Crippen LogP contribution >= 0.6 is 11.3 Å². The topological polar surface area (TPSA) is 60.7 Å². The molecule has 0 unspecified atom stereocenters. The van der Waals surface area contributed by atoms with Gasteiger partial charge in [0.15, 0.2) is 4.80 Å². The highest BCUT2D eigenvalue weighted by molar-refractivity contribution is 7.16. The summed E-state index contributed by atoms with van der Waals surface area (Å²) in [4.78, 5) is 29.5. The normalized spacial score (nSPS) is 15.9. The van der Waals surface area contributed by atoms with Gasteiger partial charge < -0.3 is 9.30 Å². The summed E-state index contributed by atoms with van der Waals surface area (Å²) in [7, 11) is 0. The number of fused-ring (bicyclic) bond motifs is 1. The molecule has 1 amide bonds. The van der Waals surface area contributed by atoms with Crippen LogP contribution in [-0.4, -0.2) is 23.1 Å². The van der Waals surface area contributed by atoms with Crippen molar-refractivity contribution >= 4 is 33.4 Å². The number of ether oxygens (including phenoxy) is 1. The van der Waals surface area contributed by atoms with Gasteiger partial charge in [-0.05, 0) is 56.9 Å². The Hall–Kier alpha value is -1.95. The standard InChI is InChI=1S/C19H24N2O3S/c1-4-24-17(22)11-21-15-9-12(2)13(3)10-16(15)25-19(21)20-18(23)14-7-5-6-8-14/h9-10,14H,4-8,11H2,1-3H3. The third kappa shape index (κ3) is 3.84. The maximum Gasteiger partial charge on any atom is 0.326 e. The lowest BCUT2D eigenvalue weighted by Crippen LogP contribution is -2.24. The van der Waals surface area contributed by atoms with E-state index >= 15 is 0 Å². The summed E-state index contributed by atoms with van der Waals surface area (Å²) < 4.78 is 7.95. The fourth-order valence-electron chi connectivity index (χ4n) is 3.25. The van der Waals surface area contributed by atoms with Crippen LogP contribution in [0, 0.1) is 19.8 Å². The first kappa shape index (κ1) is 17.9. The first-order valence-corrected chi connectivity index (χ1v) is 9.66. The lowest BCUT2D eigenvalue weighted by atomic mass is 10.1. The number of hydrogen-bond donors (Lipinski definition) is 0. The molecule has 3 rings (SSSR count). The van der Waals surface area contributed by atoms with Crippen LogP contribution in [0.3, 0.4) is 0 Å². The minimum Gasteiger partial charge on any atom is -0.465 e. The van der Waals surface area contributed by atoms with Crippen molar-refractivity contribution in [3.05, 3.63) is 28.1 Å². The molecule has 1 fully saturated rings. The zero-order valence-electron chi connectivity index (χ0n) is 15.0. The molecule has 0 aliphatic heterocycles. The number of amides is 1. The Kier molecular flexibility index (Phi) is 5.37. The van der Waals surface area contributed by atoms with E-state index in [1.807, 2.05) is 11.5 Å². The summed E-state index contributed by atoms with van der Waals surface area (Å²) in [5.41, 5.74) is 3.27. The fourth-order valence-corrected chi connectivity index (χ4v) is 4.37. The molecular weight excluding hydrogens is 336 g/mol. The summed E-state index contributed by atoms with van der Waals surface area (Å²) >= 11 is 1.46. The maximum atomic E-state index is 12.5. The second kappa shape index (κ2) is 7.52. The Balaban J connectivity index is 2.08. The van der Waals surface area contributed by atoms with Gasteiger partial charge in [0.05, 0.1) is 16.8 Å². The van der Waals surface area contributed by atoms with E-state index in [1.165, 1.54) is 16.9 Å². The molecule has 134 valence electrons. The van der Waals surface area contributed by atoms with Crippen molar-refractivity contribution < 1.29 is 14.3 Å². The Morgan fingerprint density at radius 1 is 1.24 bits per heavy atom. The summed E-state index contributed by atoms with van der Waals surface area (Å²) in [6.45, 7) is 6.31. The molecule has 1 aromatic carbocycles. The van der Waals surface area contributed by atoms with Gasteiger partial charge in [-0.1, -0.05) is 24.2 Å². The molecular formula is C19H24N2O3S. The molecule has 6 heteroatoms. The molecule has 1 aromatic heterocycles. The van der Waals surface area contributed by atoms with E-state index in [4.69, 9.17) is 4.74 Å². The molecule has 0 saturated heterocycles. The number of hydrogen-bond acceptors (Lipinski definition) is 4. The van der Waals surface area contributed by atoms with Crippen molar-refractivity contribution in [2.24, 2.45) is 10.9 Å². The van der Waals surface area contributed by atoms with Crippen LogP contribution in [0.1, 0.15) is 43.7 Å². The van der Waals surface area contributed by atoms with Gasteiger partial charge in [-0.2, -0.15) is 4.99 Å². The maximum absolute atomic E-state index is 12.5. The third-order valence-electron chi connectivity index (χ3n) is 4.80. The zero-order valence-corrected chi connectivity index (χ0v) is 15.8. The number of carbonyl (C=O) groups excluding carboxylic acids is 2. The Bertz CT molecular complexity index is 873. The van der Waals surface area contributed by atoms with Crippen molar-refractivity contribution in [3.8, 4) is 0 Å². The van der Waals surface area contributed by atoms with E-state index in [0.717, 1.165) is 41.5 Å². The van der Waals surface area contributed by atoms with E-state index in [2.05, 4.69) is 24.0 Å². The number of aromatic nitrogens is 1. The monoisotopic (exact) mass is 360 g/mol. The predicted octanol–water partition coefficient (Wildman–Crippen LogP) is 3.50. The molecule has 0 N–H and O–H groups in total. The van der Waals surface area contributed by atoms with Crippen molar-refractivity contribution in [3.63, 3.8) is 0 Å². The van der Waals surface area contributed by atoms with E-state index in [-0.39, 0.29) is 24.3 Å². The molecule has 1 saturated carbocycles. The molecule has 1 heterocycles. The molecule has 0 atom stereocenters. The van der Waals surface area contributed by atoms with E-state index in [1.54, 1.807) is 6.92 Å². The average molecular weight is 360 g/mol. The molecule has 5 nitrogen and oxygen atoms in total. The average Bonchev–Trinajstić information content (AvgIpc) is 3.19. The Morgan fingerprint density at radius 2 is 1.92 bits per heavy atom. The minimum atomic E-state index is -0.310. The van der Waals surface area contributed by atoms with E-state index < -0.39 is 0 Å². The van der Waals surface area contributed by atoms with Crippen molar-refractivity contribution in [2.45, 2.75) is 53.0 Å². The number of nitrogens with zero attached hydrogens (tertiary/aromatic N) is 2. The number of aryl methyl sites for hydroxylation is 2. The van der Waals surface area contributed by atoms with Crippen LogP contribution in [0.5, 0.6) is 0 Å². The highest BCUT2D eigenvalue weighted by Crippen LogP contribution is 2.26. The second-order valence-corrected chi connectivity index (χ2v) is 7.62. The quantitative estimate of drug-likeness (QED) is 0.784. The summed E-state index contributed by atoms with van der Waals surface area (Å²) in [5, 5.41) is 0. The van der Waals surface area contributed by atoms with Crippen molar-refractivity contribution in [1.82, 2.24) is 4.57 Å². The highest BCUT2D eigenvalue weighted by atomic mass is 32.1. The van der Waals surface area contributed by atoms with Gasteiger partial charge in [-0.25, -0.2) is 0 Å². The van der Waals surface area contributed by atoms with Gasteiger partial charge in [0.1, 0.15) is 6.54 Å². The number of carbonyl (C=O) groups is 2. The SMILES string of the molecule is CCOC(=O)Cn1c(=NC(=O)C2CCCC2)sc2cc(C)c(C)cc21. The second-order valence-electron chi connectivity index (χ2n) is 6.61. The van der Waals surface area contributed by atoms with Crippen molar-refractivity contribution in [2.75, 3.05) is 6.61 Å². The third-order valence-corrected chi connectivity index (χ3v) is 5.84.